The predicted molar refractivity (Wildman–Crippen MR) is 146 cm³/mol. The van der Waals surface area contributed by atoms with Gasteiger partial charge in [-0.15, -0.1) is 0 Å². The molecule has 0 saturated carbocycles. The number of nitrogens with two attached hydrogens (primary N) is 1. The van der Waals surface area contributed by atoms with Crippen molar-refractivity contribution in [1.82, 2.24) is 25.0 Å². The SMILES string of the molecule is CN1CCC(NC2=CCC(N)(c3cc(-c4ccc5ccn(Cc6ccccc6)c5c4)n[nH]3)C=C2)CC1. The Kier molecular flexibility index (Phi) is 5.99. The van der Waals surface area contributed by atoms with Crippen molar-refractivity contribution in [3.8, 4) is 11.3 Å². The number of H-pyrrole nitrogens is 1. The van der Waals surface area contributed by atoms with Crippen LogP contribution in [-0.2, 0) is 12.1 Å². The Labute approximate surface area is 212 Å². The number of nitrogens with zero attached hydrogens (tertiary/aromatic N) is 3. The summed E-state index contributed by atoms with van der Waals surface area (Å²) in [5.41, 5.74) is 12.8. The molecular formula is C30H34N6. The van der Waals surface area contributed by atoms with Gasteiger partial charge in [0.1, 0.15) is 0 Å². The molecule has 6 nitrogen and oxygen atoms in total. The first-order valence-electron chi connectivity index (χ1n) is 12.9. The van der Waals surface area contributed by atoms with E-state index in [0.717, 1.165) is 43.0 Å². The third-order valence-electron chi connectivity index (χ3n) is 7.65. The monoisotopic (exact) mass is 478 g/mol. The highest BCUT2D eigenvalue weighted by molar-refractivity contribution is 5.85. The predicted octanol–water partition coefficient (Wildman–Crippen LogP) is 4.76. The first kappa shape index (κ1) is 22.8. The largest absolute Gasteiger partial charge is 0.382 e. The zero-order valence-corrected chi connectivity index (χ0v) is 20.8. The number of likely N-dealkylation sites (tertiary alicyclic amines) is 1. The van der Waals surface area contributed by atoms with Crippen molar-refractivity contribution in [3.05, 3.63) is 102 Å². The molecule has 3 heterocycles. The van der Waals surface area contributed by atoms with Crippen molar-refractivity contribution in [2.75, 3.05) is 20.1 Å². The van der Waals surface area contributed by atoms with Crippen LogP contribution < -0.4 is 11.1 Å². The number of nitrogens with one attached hydrogen (secondary N) is 2. The molecule has 1 fully saturated rings. The highest BCUT2D eigenvalue weighted by atomic mass is 15.1. The van der Waals surface area contributed by atoms with Crippen LogP contribution in [-0.4, -0.2) is 45.8 Å². The molecule has 2 aliphatic rings. The van der Waals surface area contributed by atoms with Crippen LogP contribution in [0.5, 0.6) is 0 Å². The van der Waals surface area contributed by atoms with Crippen molar-refractivity contribution >= 4 is 10.9 Å². The van der Waals surface area contributed by atoms with E-state index in [-0.39, 0.29) is 0 Å². The topological polar surface area (TPSA) is 74.9 Å². The molecule has 184 valence electrons. The zero-order chi connectivity index (χ0) is 24.5. The van der Waals surface area contributed by atoms with Gasteiger partial charge in [-0.1, -0.05) is 54.6 Å². The molecule has 1 aliphatic heterocycles. The van der Waals surface area contributed by atoms with E-state index in [1.54, 1.807) is 0 Å². The number of aromatic nitrogens is 3. The first-order chi connectivity index (χ1) is 17.6. The lowest BCUT2D eigenvalue weighted by Crippen LogP contribution is -2.41. The zero-order valence-electron chi connectivity index (χ0n) is 20.8. The van der Waals surface area contributed by atoms with E-state index in [1.165, 1.54) is 35.0 Å². The summed E-state index contributed by atoms with van der Waals surface area (Å²) >= 11 is 0. The Morgan fingerprint density at radius 3 is 2.69 bits per heavy atom. The molecule has 1 unspecified atom stereocenters. The minimum absolute atomic E-state index is 0.539. The molecule has 6 rings (SSSR count). The maximum atomic E-state index is 6.83. The number of allylic oxidation sites excluding steroid dienone is 1. The van der Waals surface area contributed by atoms with Gasteiger partial charge in [0.15, 0.2) is 0 Å². The minimum Gasteiger partial charge on any atom is -0.382 e. The molecule has 36 heavy (non-hydrogen) atoms. The summed E-state index contributed by atoms with van der Waals surface area (Å²) < 4.78 is 2.29. The molecule has 6 heteroatoms. The molecule has 1 saturated heterocycles. The molecule has 2 aromatic heterocycles. The molecule has 1 atom stereocenters. The second-order valence-electron chi connectivity index (χ2n) is 10.3. The van der Waals surface area contributed by atoms with Crippen molar-refractivity contribution in [3.63, 3.8) is 0 Å². The van der Waals surface area contributed by atoms with Gasteiger partial charge in [0.05, 0.1) is 16.9 Å². The van der Waals surface area contributed by atoms with Crippen LogP contribution in [0.15, 0.2) is 90.8 Å². The van der Waals surface area contributed by atoms with E-state index in [0.29, 0.717) is 6.04 Å². The maximum absolute atomic E-state index is 6.83. The molecule has 0 amide bonds. The quantitative estimate of drug-likeness (QED) is 0.374. The Morgan fingerprint density at radius 1 is 1.08 bits per heavy atom. The average molecular weight is 479 g/mol. The molecular weight excluding hydrogens is 444 g/mol. The van der Waals surface area contributed by atoms with E-state index in [9.17, 15) is 0 Å². The van der Waals surface area contributed by atoms with Gasteiger partial charge in [0.2, 0.25) is 0 Å². The first-order valence-corrected chi connectivity index (χ1v) is 12.9. The fourth-order valence-corrected chi connectivity index (χ4v) is 5.32. The lowest BCUT2D eigenvalue weighted by molar-refractivity contribution is 0.242. The number of hydrogen-bond donors (Lipinski definition) is 3. The van der Waals surface area contributed by atoms with E-state index < -0.39 is 5.54 Å². The second kappa shape index (κ2) is 9.45. The van der Waals surface area contributed by atoms with Crippen LogP contribution in [0, 0.1) is 0 Å². The summed E-state index contributed by atoms with van der Waals surface area (Å²) in [6.07, 6.45) is 11.7. The lowest BCUT2D eigenvalue weighted by atomic mass is 9.87. The van der Waals surface area contributed by atoms with Gasteiger partial charge >= 0.3 is 0 Å². The molecule has 0 radical (unpaired) electrons. The fourth-order valence-electron chi connectivity index (χ4n) is 5.32. The molecule has 4 aromatic rings. The van der Waals surface area contributed by atoms with Gasteiger partial charge in [-0.05, 0) is 74.6 Å². The Bertz CT molecular complexity index is 1400. The summed E-state index contributed by atoms with van der Waals surface area (Å²) in [7, 11) is 2.19. The van der Waals surface area contributed by atoms with E-state index >= 15 is 0 Å². The van der Waals surface area contributed by atoms with Crippen LogP contribution in [0.1, 0.15) is 30.5 Å². The normalized spacial score (nSPS) is 21.1. The van der Waals surface area contributed by atoms with Gasteiger partial charge in [0.25, 0.3) is 0 Å². The molecule has 0 spiro atoms. The number of rotatable bonds is 6. The van der Waals surface area contributed by atoms with Crippen molar-refractivity contribution in [1.29, 1.82) is 0 Å². The summed E-state index contributed by atoms with van der Waals surface area (Å²) in [5.74, 6) is 0. The minimum atomic E-state index is -0.582. The van der Waals surface area contributed by atoms with Gasteiger partial charge in [-0.3, -0.25) is 5.10 Å². The van der Waals surface area contributed by atoms with E-state index in [1.807, 2.05) is 0 Å². The third kappa shape index (κ3) is 4.62. The van der Waals surface area contributed by atoms with Gasteiger partial charge in [-0.25, -0.2) is 0 Å². The Balaban J connectivity index is 1.18. The molecule has 0 bridgehead atoms. The van der Waals surface area contributed by atoms with Crippen molar-refractivity contribution < 1.29 is 0 Å². The third-order valence-corrected chi connectivity index (χ3v) is 7.65. The lowest BCUT2D eigenvalue weighted by Gasteiger charge is -2.32. The number of hydrogen-bond acceptors (Lipinski definition) is 4. The average Bonchev–Trinajstić information content (AvgIpc) is 3.56. The number of piperidine rings is 1. The maximum Gasteiger partial charge on any atom is 0.0925 e. The second-order valence-corrected chi connectivity index (χ2v) is 10.3. The van der Waals surface area contributed by atoms with Gasteiger partial charge < -0.3 is 20.5 Å². The van der Waals surface area contributed by atoms with E-state index in [2.05, 4.69) is 117 Å². The summed E-state index contributed by atoms with van der Waals surface area (Å²) in [5, 5.41) is 12.8. The standard InChI is InChI=1S/C30H34N6/c1-35-16-12-26(13-17-35)32-25-9-14-30(31,15-10-25)29-20-27(33-34-29)24-8-7-23-11-18-36(28(23)19-24)21-22-5-3-2-4-6-22/h2-11,14,18-20,26,32H,12-13,15-17,21,31H2,1H3,(H,33,34). The smallest absolute Gasteiger partial charge is 0.0925 e. The summed E-state index contributed by atoms with van der Waals surface area (Å²) in [4.78, 5) is 2.39. The number of aromatic amines is 1. The van der Waals surface area contributed by atoms with Crippen LogP contribution in [0.4, 0.5) is 0 Å². The number of fused-ring (bicyclic) bond motifs is 1. The van der Waals surface area contributed by atoms with Crippen LogP contribution in [0.2, 0.25) is 0 Å². The molecule has 4 N–H and O–H groups in total. The van der Waals surface area contributed by atoms with Crippen LogP contribution >= 0.6 is 0 Å². The van der Waals surface area contributed by atoms with Gasteiger partial charge in [0, 0.05) is 35.6 Å². The fraction of sp³-hybridized carbons (Fsp3) is 0.300. The Morgan fingerprint density at radius 2 is 1.92 bits per heavy atom. The van der Waals surface area contributed by atoms with Crippen LogP contribution in [0.3, 0.4) is 0 Å². The highest BCUT2D eigenvalue weighted by Crippen LogP contribution is 2.31. The van der Waals surface area contributed by atoms with E-state index in [4.69, 9.17) is 5.73 Å². The molecule has 1 aliphatic carbocycles. The summed E-state index contributed by atoms with van der Waals surface area (Å²) in [6.45, 7) is 3.14. The summed E-state index contributed by atoms with van der Waals surface area (Å²) in [6, 6.07) is 21.9. The molecule has 2 aromatic carbocycles. The van der Waals surface area contributed by atoms with Gasteiger partial charge in [-0.2, -0.15) is 5.10 Å². The Hall–Kier alpha value is -3.61. The van der Waals surface area contributed by atoms with Crippen LogP contribution in [0.25, 0.3) is 22.2 Å². The number of benzene rings is 2. The van der Waals surface area contributed by atoms with Crippen molar-refractivity contribution in [2.45, 2.75) is 37.4 Å². The highest BCUT2D eigenvalue weighted by Gasteiger charge is 2.29. The van der Waals surface area contributed by atoms with Crippen molar-refractivity contribution in [2.24, 2.45) is 5.73 Å².